The van der Waals surface area contributed by atoms with E-state index in [1.54, 1.807) is 0 Å². The van der Waals surface area contributed by atoms with Crippen LogP contribution in [-0.4, -0.2) is 41.1 Å². The van der Waals surface area contributed by atoms with Gasteiger partial charge in [-0.3, -0.25) is 4.79 Å². The molecule has 1 aliphatic heterocycles. The molecule has 0 unspecified atom stereocenters. The van der Waals surface area contributed by atoms with Gasteiger partial charge in [0.2, 0.25) is 5.91 Å². The Morgan fingerprint density at radius 1 is 0.905 bits per heavy atom. The molecule has 1 amide bonds. The fourth-order valence-corrected chi connectivity index (χ4v) is 3.77. The second-order valence-corrected chi connectivity index (χ2v) is 7.24. The largest absolute Gasteiger partial charge is 0.360 e. The number of hydrogen-bond donors (Lipinski definition) is 2. The molecule has 1 saturated heterocycles. The van der Waals surface area contributed by atoms with Gasteiger partial charge in [-0.15, -0.1) is 0 Å². The van der Waals surface area contributed by atoms with Crippen LogP contribution in [0, 0.1) is 5.92 Å². The first-order valence-corrected chi connectivity index (χ1v) is 8.99. The predicted octanol–water partition coefficient (Wildman–Crippen LogP) is 2.18. The SMILES string of the molecule is O=C(NC1CC1)[C@@H]1CCCN(C(=S)NC2CCCCC2)C1. The van der Waals surface area contributed by atoms with Crippen LogP contribution in [0.3, 0.4) is 0 Å². The molecular formula is C16H27N3OS. The van der Waals surface area contributed by atoms with Gasteiger partial charge in [0.25, 0.3) is 0 Å². The average Bonchev–Trinajstić information content (AvgIpc) is 3.32. The fraction of sp³-hybridized carbons (Fsp3) is 0.875. The Balaban J connectivity index is 1.47. The Morgan fingerprint density at radius 3 is 2.33 bits per heavy atom. The normalized spacial score (nSPS) is 27.2. The van der Waals surface area contributed by atoms with E-state index in [1.807, 2.05) is 0 Å². The van der Waals surface area contributed by atoms with E-state index in [-0.39, 0.29) is 11.8 Å². The number of hydrogen-bond acceptors (Lipinski definition) is 2. The molecule has 2 aliphatic carbocycles. The summed E-state index contributed by atoms with van der Waals surface area (Å²) in [5, 5.41) is 7.53. The van der Waals surface area contributed by atoms with Gasteiger partial charge in [0.1, 0.15) is 0 Å². The summed E-state index contributed by atoms with van der Waals surface area (Å²) < 4.78 is 0. The first-order valence-electron chi connectivity index (χ1n) is 8.58. The third-order valence-electron chi connectivity index (χ3n) is 4.94. The Hall–Kier alpha value is -0.840. The maximum absolute atomic E-state index is 12.2. The predicted molar refractivity (Wildman–Crippen MR) is 88.1 cm³/mol. The Morgan fingerprint density at radius 2 is 1.62 bits per heavy atom. The molecule has 0 spiro atoms. The molecule has 0 aromatic heterocycles. The summed E-state index contributed by atoms with van der Waals surface area (Å²) >= 11 is 5.58. The molecule has 118 valence electrons. The molecule has 4 nitrogen and oxygen atoms in total. The summed E-state index contributed by atoms with van der Waals surface area (Å²) in [6, 6.07) is 1.01. The van der Waals surface area contributed by atoms with Crippen LogP contribution in [-0.2, 0) is 4.79 Å². The van der Waals surface area contributed by atoms with E-state index in [0.717, 1.165) is 43.9 Å². The van der Waals surface area contributed by atoms with Gasteiger partial charge >= 0.3 is 0 Å². The number of nitrogens with one attached hydrogen (secondary N) is 2. The van der Waals surface area contributed by atoms with Crippen LogP contribution in [0.4, 0.5) is 0 Å². The van der Waals surface area contributed by atoms with Crippen LogP contribution < -0.4 is 10.6 Å². The molecule has 0 radical (unpaired) electrons. The summed E-state index contributed by atoms with van der Waals surface area (Å²) in [6.07, 6.45) is 10.8. The third kappa shape index (κ3) is 4.31. The van der Waals surface area contributed by atoms with E-state index in [4.69, 9.17) is 12.2 Å². The lowest BCUT2D eigenvalue weighted by Gasteiger charge is -2.36. The van der Waals surface area contributed by atoms with E-state index < -0.39 is 0 Å². The number of carbonyl (C=O) groups excluding carboxylic acids is 1. The molecule has 1 heterocycles. The quantitative estimate of drug-likeness (QED) is 0.785. The first kappa shape index (κ1) is 15.1. The molecule has 3 rings (SSSR count). The van der Waals surface area contributed by atoms with Gasteiger partial charge in [0.15, 0.2) is 5.11 Å². The standard InChI is InChI=1S/C16H27N3OS/c20-15(17-14-8-9-14)12-5-4-10-19(11-12)16(21)18-13-6-2-1-3-7-13/h12-14H,1-11H2,(H,17,20)(H,18,21)/t12-/m1/s1. The summed E-state index contributed by atoms with van der Waals surface area (Å²) in [6.45, 7) is 1.78. The van der Waals surface area contributed by atoms with Crippen LogP contribution in [0.1, 0.15) is 57.8 Å². The fourth-order valence-electron chi connectivity index (χ4n) is 3.44. The van der Waals surface area contributed by atoms with Gasteiger partial charge in [-0.05, 0) is 50.7 Å². The first-order chi connectivity index (χ1) is 10.2. The van der Waals surface area contributed by atoms with Crippen LogP contribution in [0.25, 0.3) is 0 Å². The molecule has 0 bridgehead atoms. The van der Waals surface area contributed by atoms with Gasteiger partial charge in [0, 0.05) is 25.2 Å². The summed E-state index contributed by atoms with van der Waals surface area (Å²) in [4.78, 5) is 14.4. The lowest BCUT2D eigenvalue weighted by atomic mass is 9.95. The second-order valence-electron chi connectivity index (χ2n) is 6.85. The number of rotatable bonds is 3. The molecule has 1 atom stereocenters. The van der Waals surface area contributed by atoms with E-state index in [0.29, 0.717) is 12.1 Å². The summed E-state index contributed by atoms with van der Waals surface area (Å²) in [5.41, 5.74) is 0. The number of thiocarbonyl (C=S) groups is 1. The Bertz CT molecular complexity index is 391. The third-order valence-corrected chi connectivity index (χ3v) is 5.31. The zero-order valence-corrected chi connectivity index (χ0v) is 13.6. The van der Waals surface area contributed by atoms with E-state index in [1.165, 1.54) is 32.1 Å². The Kier molecular flexibility index (Phi) is 4.99. The summed E-state index contributed by atoms with van der Waals surface area (Å²) in [7, 11) is 0. The van der Waals surface area contributed by atoms with Crippen LogP contribution in [0.5, 0.6) is 0 Å². The summed E-state index contributed by atoms with van der Waals surface area (Å²) in [5.74, 6) is 0.355. The van der Waals surface area contributed by atoms with Crippen molar-refractivity contribution in [2.45, 2.75) is 69.9 Å². The van der Waals surface area contributed by atoms with Gasteiger partial charge in [-0.2, -0.15) is 0 Å². The van der Waals surface area contributed by atoms with Gasteiger partial charge in [-0.25, -0.2) is 0 Å². The molecule has 21 heavy (non-hydrogen) atoms. The highest BCUT2D eigenvalue weighted by atomic mass is 32.1. The second kappa shape index (κ2) is 6.95. The highest BCUT2D eigenvalue weighted by molar-refractivity contribution is 7.80. The van der Waals surface area contributed by atoms with E-state index >= 15 is 0 Å². The van der Waals surface area contributed by atoms with Crippen molar-refractivity contribution >= 4 is 23.2 Å². The molecule has 3 fully saturated rings. The molecular weight excluding hydrogens is 282 g/mol. The van der Waals surface area contributed by atoms with Crippen molar-refractivity contribution in [2.24, 2.45) is 5.92 Å². The highest BCUT2D eigenvalue weighted by Gasteiger charge is 2.31. The molecule has 3 aliphatic rings. The van der Waals surface area contributed by atoms with Crippen LogP contribution >= 0.6 is 12.2 Å². The minimum atomic E-state index is 0.116. The van der Waals surface area contributed by atoms with Crippen molar-refractivity contribution in [1.29, 1.82) is 0 Å². The van der Waals surface area contributed by atoms with Crippen molar-refractivity contribution in [3.63, 3.8) is 0 Å². The average molecular weight is 309 g/mol. The zero-order chi connectivity index (χ0) is 14.7. The van der Waals surface area contributed by atoms with Crippen molar-refractivity contribution in [3.8, 4) is 0 Å². The molecule has 5 heteroatoms. The van der Waals surface area contributed by atoms with Gasteiger partial charge in [0.05, 0.1) is 5.92 Å². The Labute approximate surface area is 133 Å². The van der Waals surface area contributed by atoms with Crippen LogP contribution in [0.15, 0.2) is 0 Å². The number of carbonyl (C=O) groups is 1. The smallest absolute Gasteiger partial charge is 0.225 e. The molecule has 0 aromatic rings. The maximum atomic E-state index is 12.2. The number of amides is 1. The van der Waals surface area contributed by atoms with Crippen LogP contribution in [0.2, 0.25) is 0 Å². The number of piperidine rings is 1. The lowest BCUT2D eigenvalue weighted by Crippen LogP contribution is -2.51. The number of likely N-dealkylation sites (tertiary alicyclic amines) is 1. The molecule has 2 saturated carbocycles. The van der Waals surface area contributed by atoms with Gasteiger partial charge < -0.3 is 15.5 Å². The monoisotopic (exact) mass is 309 g/mol. The van der Waals surface area contributed by atoms with Crippen molar-refractivity contribution in [1.82, 2.24) is 15.5 Å². The minimum absolute atomic E-state index is 0.116. The van der Waals surface area contributed by atoms with Crippen molar-refractivity contribution in [2.75, 3.05) is 13.1 Å². The van der Waals surface area contributed by atoms with Gasteiger partial charge in [-0.1, -0.05) is 19.3 Å². The maximum Gasteiger partial charge on any atom is 0.225 e. The topological polar surface area (TPSA) is 44.4 Å². The van der Waals surface area contributed by atoms with E-state index in [2.05, 4.69) is 15.5 Å². The molecule has 2 N–H and O–H groups in total. The lowest BCUT2D eigenvalue weighted by molar-refractivity contribution is -0.126. The minimum Gasteiger partial charge on any atom is -0.360 e. The van der Waals surface area contributed by atoms with Crippen molar-refractivity contribution in [3.05, 3.63) is 0 Å². The van der Waals surface area contributed by atoms with Crippen molar-refractivity contribution < 1.29 is 4.79 Å². The van der Waals surface area contributed by atoms with E-state index in [9.17, 15) is 4.79 Å². The molecule has 0 aromatic carbocycles. The zero-order valence-electron chi connectivity index (χ0n) is 12.8. The highest BCUT2D eigenvalue weighted by Crippen LogP contribution is 2.23. The number of nitrogens with zero attached hydrogens (tertiary/aromatic N) is 1.